The van der Waals surface area contributed by atoms with Crippen LogP contribution in [0.1, 0.15) is 41.0 Å². The van der Waals surface area contributed by atoms with Crippen LogP contribution < -0.4 is 0 Å². The van der Waals surface area contributed by atoms with Crippen molar-refractivity contribution < 1.29 is 42.9 Å². The Bertz CT molecular complexity index is 1490. The zero-order valence-corrected chi connectivity index (χ0v) is 25.9. The van der Waals surface area contributed by atoms with Crippen LogP contribution in [0.4, 0.5) is 0 Å². The van der Waals surface area contributed by atoms with Gasteiger partial charge in [0.2, 0.25) is 11.6 Å². The normalized spacial score (nSPS) is 30.0. The van der Waals surface area contributed by atoms with Crippen LogP contribution in [0.2, 0.25) is 0 Å². The van der Waals surface area contributed by atoms with Crippen molar-refractivity contribution in [2.24, 2.45) is 0 Å². The summed E-state index contributed by atoms with van der Waals surface area (Å²) >= 11 is 0. The number of rotatable bonds is 7. The highest BCUT2D eigenvalue weighted by Crippen LogP contribution is 2.47. The van der Waals surface area contributed by atoms with E-state index in [1.54, 1.807) is 33.8 Å². The third-order valence-corrected chi connectivity index (χ3v) is 9.51. The zero-order chi connectivity index (χ0) is 31.5. The average Bonchev–Trinajstić information content (AvgIpc) is 2.98. The number of carbonyl (C=O) groups is 5. The predicted molar refractivity (Wildman–Crippen MR) is 154 cm³/mol. The number of hydrogen-bond donors (Lipinski definition) is 0. The molecule has 2 aliphatic carbocycles. The Morgan fingerprint density at radius 3 is 2.09 bits per heavy atom. The molecule has 0 aromatic heterocycles. The molecule has 3 aliphatic heterocycles. The van der Waals surface area contributed by atoms with Crippen molar-refractivity contribution in [3.05, 3.63) is 56.6 Å². The van der Waals surface area contributed by atoms with E-state index in [9.17, 15) is 24.0 Å². The number of esters is 1. The Hall–Kier alpha value is -3.67. The van der Waals surface area contributed by atoms with Crippen LogP contribution in [0.3, 0.4) is 0 Å². The molecule has 2 unspecified atom stereocenters. The minimum Gasteiger partial charge on any atom is -0.492 e. The number of ether oxygens (including phenoxy) is 4. The van der Waals surface area contributed by atoms with Gasteiger partial charge in [0.1, 0.15) is 12.7 Å². The van der Waals surface area contributed by atoms with E-state index >= 15 is 0 Å². The second kappa shape index (κ2) is 11.4. The van der Waals surface area contributed by atoms with Gasteiger partial charge in [0.15, 0.2) is 23.1 Å². The van der Waals surface area contributed by atoms with Crippen molar-refractivity contribution >= 4 is 29.1 Å². The third-order valence-electron chi connectivity index (χ3n) is 9.51. The minimum atomic E-state index is -0.797. The van der Waals surface area contributed by atoms with Gasteiger partial charge in [0.05, 0.1) is 32.3 Å². The van der Waals surface area contributed by atoms with Crippen LogP contribution >= 0.6 is 0 Å². The SMILES string of the molecule is C/C=C(/C)C(=O)OC[C@H]1C2=C(C[C@H]3C4C5=C(C(=O)C(C)=C(OC)C5=O)[C@H](OCC)C(CN13)N4C)C(=O)C(C)=C(OC)C2=O. The van der Waals surface area contributed by atoms with Gasteiger partial charge in [-0.1, -0.05) is 6.08 Å². The first-order valence-electron chi connectivity index (χ1n) is 14.5. The first-order chi connectivity index (χ1) is 20.4. The quantitative estimate of drug-likeness (QED) is 0.243. The molecule has 0 amide bonds. The number of Topliss-reactive ketones (excluding diaryl/α,β-unsaturated/α-hetero) is 4. The zero-order valence-electron chi connectivity index (χ0n) is 25.9. The van der Waals surface area contributed by atoms with Crippen LogP contribution in [0.5, 0.6) is 0 Å². The molecule has 5 atom stereocenters. The summed E-state index contributed by atoms with van der Waals surface area (Å²) in [6.07, 6.45) is 1.06. The third kappa shape index (κ3) is 4.47. The highest BCUT2D eigenvalue weighted by atomic mass is 16.5. The fourth-order valence-electron chi connectivity index (χ4n) is 7.29. The van der Waals surface area contributed by atoms with Gasteiger partial charge in [-0.05, 0) is 48.1 Å². The van der Waals surface area contributed by atoms with Crippen molar-refractivity contribution in [2.75, 3.05) is 41.0 Å². The van der Waals surface area contributed by atoms with E-state index in [1.165, 1.54) is 14.2 Å². The van der Waals surface area contributed by atoms with Crippen LogP contribution in [0.15, 0.2) is 56.6 Å². The van der Waals surface area contributed by atoms with Crippen LogP contribution in [-0.2, 0) is 42.9 Å². The van der Waals surface area contributed by atoms with E-state index in [4.69, 9.17) is 18.9 Å². The summed E-state index contributed by atoms with van der Waals surface area (Å²) < 4.78 is 22.7. The summed E-state index contributed by atoms with van der Waals surface area (Å²) in [6, 6.07) is -2.30. The monoisotopic (exact) mass is 594 g/mol. The molecule has 0 spiro atoms. The first-order valence-corrected chi connectivity index (χ1v) is 14.5. The highest BCUT2D eigenvalue weighted by molar-refractivity contribution is 6.26. The van der Waals surface area contributed by atoms with Gasteiger partial charge in [-0.15, -0.1) is 0 Å². The van der Waals surface area contributed by atoms with Crippen molar-refractivity contribution in [1.82, 2.24) is 9.80 Å². The van der Waals surface area contributed by atoms with E-state index in [1.807, 2.05) is 23.8 Å². The molecular weight excluding hydrogens is 556 g/mol. The number of methoxy groups -OCH3 is 2. The Morgan fingerprint density at radius 1 is 0.907 bits per heavy atom. The van der Waals surface area contributed by atoms with Gasteiger partial charge in [0.25, 0.3) is 0 Å². The number of carbonyl (C=O) groups excluding carboxylic acids is 5. The molecule has 0 aromatic rings. The van der Waals surface area contributed by atoms with E-state index < -0.39 is 41.8 Å². The van der Waals surface area contributed by atoms with Gasteiger partial charge >= 0.3 is 5.97 Å². The van der Waals surface area contributed by atoms with E-state index in [0.29, 0.717) is 29.9 Å². The molecule has 1 fully saturated rings. The van der Waals surface area contributed by atoms with Crippen LogP contribution in [0.25, 0.3) is 0 Å². The number of nitrogens with zero attached hydrogens (tertiary/aromatic N) is 2. The Labute approximate surface area is 250 Å². The Morgan fingerprint density at radius 2 is 1.51 bits per heavy atom. The second-order valence-electron chi connectivity index (χ2n) is 11.5. The molecule has 0 saturated carbocycles. The molecule has 3 heterocycles. The number of piperazine rings is 1. The summed E-state index contributed by atoms with van der Waals surface area (Å²) in [5.41, 5.74) is 1.99. The lowest BCUT2D eigenvalue weighted by Crippen LogP contribution is -2.73. The summed E-state index contributed by atoms with van der Waals surface area (Å²) in [5.74, 6) is -2.03. The molecule has 43 heavy (non-hydrogen) atoms. The summed E-state index contributed by atoms with van der Waals surface area (Å²) in [5, 5.41) is 0. The summed E-state index contributed by atoms with van der Waals surface area (Å²) in [4.78, 5) is 72.2. The van der Waals surface area contributed by atoms with Crippen LogP contribution in [0, 0.1) is 0 Å². The van der Waals surface area contributed by atoms with E-state index in [0.717, 1.165) is 0 Å². The van der Waals surface area contributed by atoms with Gasteiger partial charge < -0.3 is 18.9 Å². The first kappa shape index (κ1) is 30.8. The number of likely N-dealkylation sites (N-methyl/N-ethyl adjacent to an activating group) is 1. The number of fused-ring (bicyclic) bond motifs is 5. The number of ketones is 4. The lowest BCUT2D eigenvalue weighted by Gasteiger charge is -2.59. The van der Waals surface area contributed by atoms with Crippen molar-refractivity contribution in [3.8, 4) is 0 Å². The average molecular weight is 595 g/mol. The smallest absolute Gasteiger partial charge is 0.333 e. The lowest BCUT2D eigenvalue weighted by molar-refractivity contribution is -0.144. The maximum atomic E-state index is 14.0. The van der Waals surface area contributed by atoms with Gasteiger partial charge in [-0.25, -0.2) is 4.79 Å². The molecule has 230 valence electrons. The maximum Gasteiger partial charge on any atom is 0.333 e. The standard InChI is InChI=1S/C32H38N2O9/c1-9-14(3)32(39)43-13-20-21-17(25(35)15(4)29(40-7)27(21)37)11-18-24-22-23(26(36)16(5)30(41-8)28(22)38)31(42-10-2)19(33(24)6)12-34(18)20/h9,18-20,24,31H,10-13H2,1-8H3/b14-9-/t18-,19?,20-,24?,31+/m0/s1. The van der Waals surface area contributed by atoms with Crippen molar-refractivity contribution in [3.63, 3.8) is 0 Å². The molecule has 0 N–H and O–H groups in total. The largest absolute Gasteiger partial charge is 0.492 e. The minimum absolute atomic E-state index is 0.0153. The molecule has 0 radical (unpaired) electrons. The fraction of sp³-hybridized carbons (Fsp3) is 0.531. The van der Waals surface area contributed by atoms with Gasteiger partial charge in [0, 0.05) is 58.2 Å². The molecule has 5 rings (SSSR count). The second-order valence-corrected chi connectivity index (χ2v) is 11.5. The number of hydrogen-bond acceptors (Lipinski definition) is 11. The highest BCUT2D eigenvalue weighted by Gasteiger charge is 2.59. The predicted octanol–water partition coefficient (Wildman–Crippen LogP) is 1.78. The molecule has 5 aliphatic rings. The number of allylic oxidation sites excluding steroid dienone is 5. The van der Waals surface area contributed by atoms with Crippen molar-refractivity contribution in [1.29, 1.82) is 0 Å². The van der Waals surface area contributed by atoms with E-state index in [2.05, 4.69) is 0 Å². The molecule has 11 nitrogen and oxygen atoms in total. The topological polar surface area (TPSA) is 129 Å². The molecule has 0 aromatic carbocycles. The van der Waals surface area contributed by atoms with Gasteiger partial charge in [-0.2, -0.15) is 0 Å². The molecule has 11 heteroatoms. The lowest BCUT2D eigenvalue weighted by atomic mass is 9.68. The summed E-state index contributed by atoms with van der Waals surface area (Å²) in [6.45, 7) is 8.75. The van der Waals surface area contributed by atoms with Gasteiger partial charge in [-0.3, -0.25) is 29.0 Å². The van der Waals surface area contributed by atoms with E-state index in [-0.39, 0.29) is 64.4 Å². The Balaban J connectivity index is 1.69. The molecular formula is C32H38N2O9. The fourth-order valence-corrected chi connectivity index (χ4v) is 7.29. The maximum absolute atomic E-state index is 14.0. The molecule has 1 saturated heterocycles. The summed E-state index contributed by atoms with van der Waals surface area (Å²) in [7, 11) is 4.59. The van der Waals surface area contributed by atoms with Crippen molar-refractivity contribution in [2.45, 2.75) is 71.3 Å². The molecule has 2 bridgehead atoms. The van der Waals surface area contributed by atoms with Crippen LogP contribution in [-0.4, -0.2) is 110 Å². The Kier molecular flexibility index (Phi) is 8.19.